The van der Waals surface area contributed by atoms with Crippen molar-refractivity contribution in [3.8, 4) is 0 Å². The Morgan fingerprint density at radius 3 is 2.10 bits per heavy atom. The summed E-state index contributed by atoms with van der Waals surface area (Å²) < 4.78 is 2.06. The van der Waals surface area contributed by atoms with Crippen molar-refractivity contribution >= 4 is 36.8 Å². The van der Waals surface area contributed by atoms with E-state index in [1.807, 2.05) is 68.4 Å². The quantitative estimate of drug-likeness (QED) is 0.465. The summed E-state index contributed by atoms with van der Waals surface area (Å²) in [5.41, 5.74) is 1.83. The predicted molar refractivity (Wildman–Crippen MR) is 86.0 cm³/mol. The zero-order valence-electron chi connectivity index (χ0n) is 11.4. The fourth-order valence-electron chi connectivity index (χ4n) is 1.72. The SMILES string of the molecule is CC(C)=C([Se]c1ccc(Cl)cc1)C(=O)c1ccccc1. The Balaban J connectivity index is 2.27. The molecule has 2 rings (SSSR count). The van der Waals surface area contributed by atoms with Gasteiger partial charge in [-0.25, -0.2) is 0 Å². The van der Waals surface area contributed by atoms with Gasteiger partial charge < -0.3 is 0 Å². The van der Waals surface area contributed by atoms with E-state index in [0.717, 1.165) is 25.1 Å². The Kier molecular flexibility index (Phi) is 5.19. The standard InChI is InChI=1S/C17H15ClOSe/c1-12(2)17(16(19)13-6-4-3-5-7-13)20-15-10-8-14(18)9-11-15/h3-11H,1-2H3. The summed E-state index contributed by atoms with van der Waals surface area (Å²) in [7, 11) is 0. The molecule has 0 saturated heterocycles. The van der Waals surface area contributed by atoms with Gasteiger partial charge in [-0.3, -0.25) is 0 Å². The van der Waals surface area contributed by atoms with Crippen LogP contribution in [0.5, 0.6) is 0 Å². The third kappa shape index (κ3) is 3.83. The van der Waals surface area contributed by atoms with Crippen molar-refractivity contribution in [3.05, 3.63) is 75.2 Å². The van der Waals surface area contributed by atoms with Crippen molar-refractivity contribution in [2.45, 2.75) is 13.8 Å². The van der Waals surface area contributed by atoms with Crippen LogP contribution in [-0.2, 0) is 0 Å². The second kappa shape index (κ2) is 6.90. The third-order valence-electron chi connectivity index (χ3n) is 2.73. The zero-order valence-corrected chi connectivity index (χ0v) is 13.9. The first-order valence-electron chi connectivity index (χ1n) is 6.28. The van der Waals surface area contributed by atoms with Gasteiger partial charge in [0.15, 0.2) is 0 Å². The first-order chi connectivity index (χ1) is 9.58. The van der Waals surface area contributed by atoms with Crippen LogP contribution in [0.1, 0.15) is 24.2 Å². The number of halogens is 1. The number of carbonyl (C=O) groups is 1. The summed E-state index contributed by atoms with van der Waals surface area (Å²) in [6.45, 7) is 3.99. The van der Waals surface area contributed by atoms with Crippen LogP contribution in [-0.4, -0.2) is 20.7 Å². The molecule has 1 nitrogen and oxygen atoms in total. The minimum atomic E-state index is -0.00362. The molecule has 2 aromatic rings. The Morgan fingerprint density at radius 1 is 0.950 bits per heavy atom. The molecule has 3 heteroatoms. The molecule has 0 aliphatic heterocycles. The van der Waals surface area contributed by atoms with Gasteiger partial charge in [0, 0.05) is 0 Å². The summed E-state index contributed by atoms with van der Waals surface area (Å²) in [4.78, 5) is 12.6. The number of allylic oxidation sites excluding steroid dienone is 2. The molecule has 102 valence electrons. The average molecular weight is 350 g/mol. The molecule has 0 aliphatic carbocycles. The van der Waals surface area contributed by atoms with E-state index in [2.05, 4.69) is 0 Å². The van der Waals surface area contributed by atoms with Gasteiger partial charge in [-0.1, -0.05) is 0 Å². The molecule has 0 aromatic heterocycles. The first kappa shape index (κ1) is 15.1. The van der Waals surface area contributed by atoms with E-state index in [-0.39, 0.29) is 20.7 Å². The van der Waals surface area contributed by atoms with Crippen molar-refractivity contribution in [3.63, 3.8) is 0 Å². The topological polar surface area (TPSA) is 17.1 Å². The summed E-state index contributed by atoms with van der Waals surface area (Å²) in [5.74, 6) is 0.126. The Morgan fingerprint density at radius 2 is 1.55 bits per heavy atom. The number of rotatable bonds is 4. The molecule has 0 amide bonds. The minimum absolute atomic E-state index is 0.00362. The second-order valence-electron chi connectivity index (χ2n) is 4.58. The fraction of sp³-hybridized carbons (Fsp3) is 0.118. The number of ketones is 1. The van der Waals surface area contributed by atoms with Crippen LogP contribution in [0.15, 0.2) is 64.6 Å². The van der Waals surface area contributed by atoms with Gasteiger partial charge in [-0.2, -0.15) is 0 Å². The van der Waals surface area contributed by atoms with Gasteiger partial charge in [0.2, 0.25) is 0 Å². The average Bonchev–Trinajstić information content (AvgIpc) is 2.46. The van der Waals surface area contributed by atoms with Crippen molar-refractivity contribution in [2.75, 3.05) is 0 Å². The summed E-state index contributed by atoms with van der Waals surface area (Å²) >= 11 is 5.89. The molecule has 0 atom stereocenters. The molecule has 2 aromatic carbocycles. The van der Waals surface area contributed by atoms with Crippen LogP contribution in [0.3, 0.4) is 0 Å². The van der Waals surface area contributed by atoms with E-state index < -0.39 is 0 Å². The van der Waals surface area contributed by atoms with Crippen LogP contribution in [0.2, 0.25) is 5.02 Å². The van der Waals surface area contributed by atoms with Crippen LogP contribution in [0.4, 0.5) is 0 Å². The molecule has 0 heterocycles. The van der Waals surface area contributed by atoms with Crippen molar-refractivity contribution in [1.82, 2.24) is 0 Å². The third-order valence-corrected chi connectivity index (χ3v) is 5.72. The molecule has 0 radical (unpaired) electrons. The maximum absolute atomic E-state index is 12.6. The summed E-state index contributed by atoms with van der Waals surface area (Å²) in [6, 6.07) is 17.2. The second-order valence-corrected chi connectivity index (χ2v) is 7.29. The predicted octanol–water partition coefficient (Wildman–Crippen LogP) is 3.85. The van der Waals surface area contributed by atoms with Gasteiger partial charge >= 0.3 is 131 Å². The summed E-state index contributed by atoms with van der Waals surface area (Å²) in [5, 5.41) is 0.720. The van der Waals surface area contributed by atoms with Gasteiger partial charge in [0.25, 0.3) is 0 Å². The van der Waals surface area contributed by atoms with Crippen molar-refractivity contribution < 1.29 is 4.79 Å². The molecule has 20 heavy (non-hydrogen) atoms. The first-order valence-corrected chi connectivity index (χ1v) is 8.37. The Hall–Kier alpha value is -1.34. The van der Waals surface area contributed by atoms with Crippen LogP contribution in [0.25, 0.3) is 0 Å². The molecule has 0 bridgehead atoms. The van der Waals surface area contributed by atoms with Gasteiger partial charge in [-0.15, -0.1) is 0 Å². The molecular formula is C17H15ClOSe. The number of hydrogen-bond acceptors (Lipinski definition) is 1. The van der Waals surface area contributed by atoms with E-state index >= 15 is 0 Å². The zero-order chi connectivity index (χ0) is 14.5. The number of hydrogen-bond donors (Lipinski definition) is 0. The van der Waals surface area contributed by atoms with Gasteiger partial charge in [0.1, 0.15) is 0 Å². The molecule has 0 N–H and O–H groups in total. The molecule has 0 unspecified atom stereocenters. The molecule has 0 saturated carbocycles. The van der Waals surface area contributed by atoms with E-state index in [1.165, 1.54) is 0 Å². The van der Waals surface area contributed by atoms with Crippen molar-refractivity contribution in [2.24, 2.45) is 0 Å². The van der Waals surface area contributed by atoms with Gasteiger partial charge in [0.05, 0.1) is 0 Å². The van der Waals surface area contributed by atoms with E-state index in [1.54, 1.807) is 0 Å². The molecule has 0 spiro atoms. The molecule has 0 fully saturated rings. The summed E-state index contributed by atoms with van der Waals surface area (Å²) in [6.07, 6.45) is 0. The van der Waals surface area contributed by atoms with E-state index in [4.69, 9.17) is 11.6 Å². The monoisotopic (exact) mass is 350 g/mol. The number of carbonyl (C=O) groups excluding carboxylic acids is 1. The van der Waals surface area contributed by atoms with Gasteiger partial charge in [-0.05, 0) is 0 Å². The molecule has 0 aliphatic rings. The normalized spacial score (nSPS) is 10.2. The fourth-order valence-corrected chi connectivity index (χ4v) is 3.78. The maximum atomic E-state index is 12.6. The van der Waals surface area contributed by atoms with Crippen LogP contribution in [0, 0.1) is 0 Å². The van der Waals surface area contributed by atoms with Crippen LogP contribution < -0.4 is 4.46 Å². The van der Waals surface area contributed by atoms with E-state index in [9.17, 15) is 4.79 Å². The number of Topliss-reactive ketones (excluding diaryl/α,β-unsaturated/α-hetero) is 1. The molecular weight excluding hydrogens is 335 g/mol. The number of benzene rings is 2. The Bertz CT molecular complexity index is 626. The Labute approximate surface area is 130 Å². The van der Waals surface area contributed by atoms with Crippen molar-refractivity contribution in [1.29, 1.82) is 0 Å². The van der Waals surface area contributed by atoms with Crippen LogP contribution >= 0.6 is 11.6 Å². The van der Waals surface area contributed by atoms with E-state index in [0.29, 0.717) is 0 Å².